The Labute approximate surface area is 105 Å². The highest BCUT2D eigenvalue weighted by molar-refractivity contribution is 5.69. The van der Waals surface area contributed by atoms with Gasteiger partial charge in [-0.15, -0.1) is 0 Å². The topological polar surface area (TPSA) is 40.5 Å². The largest absolute Gasteiger partial charge is 0.480 e. The van der Waals surface area contributed by atoms with E-state index in [1.807, 2.05) is 0 Å². The van der Waals surface area contributed by atoms with Crippen LogP contribution in [0.4, 0.5) is 0 Å². The molecule has 0 heterocycles. The second-order valence-corrected chi connectivity index (χ2v) is 7.02. The minimum atomic E-state index is -0.715. The first-order valence-corrected chi connectivity index (χ1v) is 6.61. The molecule has 3 nitrogen and oxygen atoms in total. The maximum atomic E-state index is 10.9. The molecule has 0 bridgehead atoms. The quantitative estimate of drug-likeness (QED) is 0.822. The van der Waals surface area contributed by atoms with Gasteiger partial charge in [0, 0.05) is 6.04 Å². The van der Waals surface area contributed by atoms with Crippen LogP contribution < -0.4 is 0 Å². The Balaban J connectivity index is 2.77. The molecule has 0 atom stereocenters. The van der Waals surface area contributed by atoms with Gasteiger partial charge in [-0.3, -0.25) is 9.69 Å². The predicted molar refractivity (Wildman–Crippen MR) is 70.1 cm³/mol. The summed E-state index contributed by atoms with van der Waals surface area (Å²) in [4.78, 5) is 13.0. The third kappa shape index (κ3) is 4.30. The van der Waals surface area contributed by atoms with E-state index in [1.165, 1.54) is 6.42 Å². The van der Waals surface area contributed by atoms with Crippen molar-refractivity contribution < 1.29 is 9.90 Å². The summed E-state index contributed by atoms with van der Waals surface area (Å²) in [7, 11) is 0. The summed E-state index contributed by atoms with van der Waals surface area (Å²) in [6, 6.07) is 0.412. The number of rotatable bonds is 4. The lowest BCUT2D eigenvalue weighted by Gasteiger charge is -2.48. The van der Waals surface area contributed by atoms with E-state index in [0.717, 1.165) is 19.4 Å². The van der Waals surface area contributed by atoms with E-state index in [9.17, 15) is 4.79 Å². The molecule has 0 aromatic heterocycles. The van der Waals surface area contributed by atoms with Crippen molar-refractivity contribution in [1.82, 2.24) is 4.90 Å². The Hall–Kier alpha value is -0.570. The predicted octanol–water partition coefficient (Wildman–Crippen LogP) is 3.00. The van der Waals surface area contributed by atoms with E-state index >= 15 is 0 Å². The summed E-state index contributed by atoms with van der Waals surface area (Å²) in [5.74, 6) is -0.715. The van der Waals surface area contributed by atoms with Crippen LogP contribution in [0.1, 0.15) is 53.9 Å². The molecular formula is C14H27NO2. The zero-order valence-corrected chi connectivity index (χ0v) is 11.9. The minimum Gasteiger partial charge on any atom is -0.480 e. The van der Waals surface area contributed by atoms with E-state index in [2.05, 4.69) is 39.5 Å². The fourth-order valence-electron chi connectivity index (χ4n) is 3.72. The fraction of sp³-hybridized carbons (Fsp3) is 0.929. The summed E-state index contributed by atoms with van der Waals surface area (Å²) >= 11 is 0. The molecule has 17 heavy (non-hydrogen) atoms. The van der Waals surface area contributed by atoms with Gasteiger partial charge < -0.3 is 5.11 Å². The van der Waals surface area contributed by atoms with Crippen LogP contribution in [0.5, 0.6) is 0 Å². The molecule has 100 valence electrons. The van der Waals surface area contributed by atoms with E-state index in [1.54, 1.807) is 0 Å². The molecule has 0 aliphatic heterocycles. The SMILES string of the molecule is CCN(CC(=O)O)C1CC(C)(C)CC(C)(C)C1. The number of likely N-dealkylation sites (N-methyl/N-ethyl adjacent to an activating group) is 1. The van der Waals surface area contributed by atoms with Crippen LogP contribution in [0.2, 0.25) is 0 Å². The Morgan fingerprint density at radius 3 is 2.06 bits per heavy atom. The number of hydrogen-bond donors (Lipinski definition) is 1. The average molecular weight is 241 g/mol. The van der Waals surface area contributed by atoms with Gasteiger partial charge in [-0.2, -0.15) is 0 Å². The second-order valence-electron chi connectivity index (χ2n) is 7.02. The highest BCUT2D eigenvalue weighted by atomic mass is 16.4. The Kier molecular flexibility index (Phi) is 4.23. The number of carboxylic acid groups (broad SMARTS) is 1. The molecule has 0 amide bonds. The van der Waals surface area contributed by atoms with Crippen LogP contribution >= 0.6 is 0 Å². The molecular weight excluding hydrogens is 214 g/mol. The Morgan fingerprint density at radius 2 is 1.71 bits per heavy atom. The van der Waals surface area contributed by atoms with E-state index in [0.29, 0.717) is 16.9 Å². The molecule has 1 rings (SSSR count). The molecule has 0 aromatic rings. The van der Waals surface area contributed by atoms with Crippen molar-refractivity contribution in [3.05, 3.63) is 0 Å². The monoisotopic (exact) mass is 241 g/mol. The van der Waals surface area contributed by atoms with Gasteiger partial charge >= 0.3 is 5.97 Å². The lowest BCUT2D eigenvalue weighted by molar-refractivity contribution is -0.139. The summed E-state index contributed by atoms with van der Waals surface area (Å²) in [6.07, 6.45) is 3.44. The van der Waals surface area contributed by atoms with Gasteiger partial charge in [0.2, 0.25) is 0 Å². The first-order valence-electron chi connectivity index (χ1n) is 6.61. The molecule has 0 spiro atoms. The average Bonchev–Trinajstić information content (AvgIpc) is 2.08. The van der Waals surface area contributed by atoms with Gasteiger partial charge in [-0.05, 0) is 36.6 Å². The van der Waals surface area contributed by atoms with Crippen molar-refractivity contribution in [2.45, 2.75) is 59.9 Å². The number of carboxylic acids is 1. The highest BCUT2D eigenvalue weighted by Crippen LogP contribution is 2.47. The van der Waals surface area contributed by atoms with Crippen molar-refractivity contribution in [3.63, 3.8) is 0 Å². The zero-order chi connectivity index (χ0) is 13.3. The lowest BCUT2D eigenvalue weighted by atomic mass is 9.63. The van der Waals surface area contributed by atoms with E-state index in [-0.39, 0.29) is 6.54 Å². The molecule has 0 unspecified atom stereocenters. The number of aliphatic carboxylic acids is 1. The standard InChI is InChI=1S/C14H27NO2/c1-6-15(9-12(16)17)11-7-13(2,3)10-14(4,5)8-11/h11H,6-10H2,1-5H3,(H,16,17). The van der Waals surface area contributed by atoms with Crippen LogP contribution in [0, 0.1) is 10.8 Å². The van der Waals surface area contributed by atoms with Crippen LogP contribution in [-0.2, 0) is 4.79 Å². The third-order valence-corrected chi connectivity index (χ3v) is 3.79. The minimum absolute atomic E-state index is 0.174. The summed E-state index contributed by atoms with van der Waals surface area (Å²) in [6.45, 7) is 12.3. The smallest absolute Gasteiger partial charge is 0.317 e. The molecule has 0 radical (unpaired) electrons. The van der Waals surface area contributed by atoms with E-state index in [4.69, 9.17) is 5.11 Å². The summed E-state index contributed by atoms with van der Waals surface area (Å²) < 4.78 is 0. The molecule has 3 heteroatoms. The molecule has 1 N–H and O–H groups in total. The highest BCUT2D eigenvalue weighted by Gasteiger charge is 2.40. The molecule has 1 aliphatic rings. The molecule has 0 saturated heterocycles. The van der Waals surface area contributed by atoms with Gasteiger partial charge in [0.05, 0.1) is 6.54 Å². The Morgan fingerprint density at radius 1 is 1.24 bits per heavy atom. The van der Waals surface area contributed by atoms with Gasteiger partial charge in [0.25, 0.3) is 0 Å². The van der Waals surface area contributed by atoms with E-state index < -0.39 is 5.97 Å². The van der Waals surface area contributed by atoms with Crippen molar-refractivity contribution in [2.24, 2.45) is 10.8 Å². The first kappa shape index (κ1) is 14.5. The molecule has 1 aliphatic carbocycles. The number of carbonyl (C=O) groups is 1. The van der Waals surface area contributed by atoms with Gasteiger partial charge in [0.1, 0.15) is 0 Å². The van der Waals surface area contributed by atoms with Gasteiger partial charge in [0.15, 0.2) is 0 Å². The third-order valence-electron chi connectivity index (χ3n) is 3.79. The van der Waals surface area contributed by atoms with Crippen molar-refractivity contribution in [3.8, 4) is 0 Å². The molecule has 1 fully saturated rings. The maximum absolute atomic E-state index is 10.9. The molecule has 0 aromatic carbocycles. The molecule has 1 saturated carbocycles. The zero-order valence-electron chi connectivity index (χ0n) is 11.9. The van der Waals surface area contributed by atoms with Crippen LogP contribution in [-0.4, -0.2) is 35.1 Å². The first-order chi connectivity index (χ1) is 7.65. The summed E-state index contributed by atoms with van der Waals surface area (Å²) in [5.41, 5.74) is 0.636. The fourth-order valence-corrected chi connectivity index (χ4v) is 3.72. The van der Waals surface area contributed by atoms with Crippen LogP contribution in [0.15, 0.2) is 0 Å². The number of hydrogen-bond acceptors (Lipinski definition) is 2. The van der Waals surface area contributed by atoms with Crippen LogP contribution in [0.3, 0.4) is 0 Å². The van der Waals surface area contributed by atoms with Gasteiger partial charge in [-0.1, -0.05) is 34.6 Å². The number of nitrogens with zero attached hydrogens (tertiary/aromatic N) is 1. The van der Waals surface area contributed by atoms with Crippen molar-refractivity contribution in [1.29, 1.82) is 0 Å². The normalized spacial score (nSPS) is 23.9. The maximum Gasteiger partial charge on any atom is 0.317 e. The summed E-state index contributed by atoms with van der Waals surface area (Å²) in [5, 5.41) is 8.96. The second kappa shape index (κ2) is 4.97. The lowest BCUT2D eigenvalue weighted by Crippen LogP contribution is -2.47. The van der Waals surface area contributed by atoms with Crippen molar-refractivity contribution in [2.75, 3.05) is 13.1 Å². The Bertz CT molecular complexity index is 268. The van der Waals surface area contributed by atoms with Gasteiger partial charge in [-0.25, -0.2) is 0 Å². The van der Waals surface area contributed by atoms with Crippen molar-refractivity contribution >= 4 is 5.97 Å². The van der Waals surface area contributed by atoms with Crippen LogP contribution in [0.25, 0.3) is 0 Å².